The van der Waals surface area contributed by atoms with Gasteiger partial charge in [0.15, 0.2) is 5.78 Å². The molecule has 0 spiro atoms. The molecule has 2 aromatic carbocycles. The molecule has 0 bridgehead atoms. The molecule has 1 saturated heterocycles. The van der Waals surface area contributed by atoms with Crippen molar-refractivity contribution in [3.63, 3.8) is 0 Å². The van der Waals surface area contributed by atoms with Gasteiger partial charge in [0.25, 0.3) is 0 Å². The molecule has 1 fully saturated rings. The highest BCUT2D eigenvalue weighted by molar-refractivity contribution is 6.00. The van der Waals surface area contributed by atoms with E-state index in [1.165, 1.54) is 0 Å². The van der Waals surface area contributed by atoms with E-state index in [0.717, 1.165) is 36.4 Å². The third-order valence-electron chi connectivity index (χ3n) is 5.43. The molecule has 6 nitrogen and oxygen atoms in total. The Kier molecular flexibility index (Phi) is 6.99. The molecule has 0 radical (unpaired) electrons. The minimum absolute atomic E-state index is 0.0670. The second kappa shape index (κ2) is 9.65. The maximum absolute atomic E-state index is 13.2. The Morgan fingerprint density at radius 1 is 0.931 bits per heavy atom. The average molecular weight is 399 g/mol. The van der Waals surface area contributed by atoms with Gasteiger partial charge >= 0.3 is 0 Å². The van der Waals surface area contributed by atoms with Crippen molar-refractivity contribution in [1.29, 1.82) is 0 Å². The summed E-state index contributed by atoms with van der Waals surface area (Å²) in [6.07, 6.45) is 1.85. The number of nitrogens with zero attached hydrogens (tertiary/aromatic N) is 1. The molecule has 2 aromatic rings. The number of rotatable bonds is 8. The van der Waals surface area contributed by atoms with Gasteiger partial charge in [0.05, 0.1) is 34.0 Å². The highest BCUT2D eigenvalue weighted by atomic mass is 16.5. The lowest BCUT2D eigenvalue weighted by Crippen LogP contribution is -2.38. The highest BCUT2D eigenvalue weighted by Crippen LogP contribution is 2.31. The van der Waals surface area contributed by atoms with Gasteiger partial charge < -0.3 is 18.9 Å². The Morgan fingerprint density at radius 3 is 2.31 bits per heavy atom. The summed E-state index contributed by atoms with van der Waals surface area (Å²) in [6, 6.07) is 11.2. The van der Waals surface area contributed by atoms with Crippen molar-refractivity contribution in [3.05, 3.63) is 47.5 Å². The minimum atomic E-state index is -0.0670. The quantitative estimate of drug-likeness (QED) is 0.629. The summed E-state index contributed by atoms with van der Waals surface area (Å²) >= 11 is 0. The Hall–Kier alpha value is -2.73. The number of likely N-dealkylation sites (tertiary alicyclic amines) is 1. The molecule has 1 heterocycles. The van der Waals surface area contributed by atoms with Crippen LogP contribution in [0.2, 0.25) is 0 Å². The lowest BCUT2D eigenvalue weighted by molar-refractivity contribution is 0.0807. The maximum Gasteiger partial charge on any atom is 0.170 e. The molecule has 3 rings (SSSR count). The van der Waals surface area contributed by atoms with Gasteiger partial charge in [-0.2, -0.15) is 0 Å². The number of hydrogen-bond donors (Lipinski definition) is 0. The molecular weight excluding hydrogens is 370 g/mol. The van der Waals surface area contributed by atoms with Gasteiger partial charge in [-0.1, -0.05) is 0 Å². The summed E-state index contributed by atoms with van der Waals surface area (Å²) in [5, 5.41) is 0. The second-order valence-corrected chi connectivity index (χ2v) is 7.18. The maximum atomic E-state index is 13.2. The number of benzene rings is 2. The molecule has 0 aliphatic carbocycles. The Balaban J connectivity index is 1.75. The summed E-state index contributed by atoms with van der Waals surface area (Å²) in [7, 11) is 6.50. The van der Waals surface area contributed by atoms with Crippen LogP contribution in [0.1, 0.15) is 28.8 Å². The van der Waals surface area contributed by atoms with E-state index in [2.05, 4.69) is 4.90 Å². The lowest BCUT2D eigenvalue weighted by atomic mass is 9.89. The van der Waals surface area contributed by atoms with Crippen molar-refractivity contribution >= 4 is 5.78 Å². The molecule has 6 heteroatoms. The molecule has 156 valence electrons. The zero-order chi connectivity index (χ0) is 20.8. The number of methoxy groups -OCH3 is 4. The van der Waals surface area contributed by atoms with E-state index >= 15 is 0 Å². The van der Waals surface area contributed by atoms with E-state index < -0.39 is 0 Å². The van der Waals surface area contributed by atoms with E-state index in [-0.39, 0.29) is 11.7 Å². The van der Waals surface area contributed by atoms with Crippen molar-refractivity contribution in [2.75, 3.05) is 41.5 Å². The van der Waals surface area contributed by atoms with E-state index in [0.29, 0.717) is 30.2 Å². The van der Waals surface area contributed by atoms with Gasteiger partial charge in [-0.3, -0.25) is 9.69 Å². The average Bonchev–Trinajstić information content (AvgIpc) is 2.78. The molecule has 0 saturated carbocycles. The normalized spacial score (nSPS) is 16.9. The number of ketones is 1. The summed E-state index contributed by atoms with van der Waals surface area (Å²) in [5.41, 5.74) is 1.67. The largest absolute Gasteiger partial charge is 0.497 e. The SMILES string of the molecule is COc1ccc(OC)c(CN2CCC[C@@H](C(=O)c3ccc(OC)cc3OC)C2)c1. The van der Waals surface area contributed by atoms with Crippen LogP contribution in [-0.2, 0) is 6.54 Å². The van der Waals surface area contributed by atoms with Crippen molar-refractivity contribution in [2.45, 2.75) is 19.4 Å². The predicted octanol–water partition coefficient (Wildman–Crippen LogP) is 3.82. The lowest BCUT2D eigenvalue weighted by Gasteiger charge is -2.32. The topological polar surface area (TPSA) is 57.2 Å². The molecule has 0 amide bonds. The van der Waals surface area contributed by atoms with Gasteiger partial charge in [0, 0.05) is 30.6 Å². The fourth-order valence-corrected chi connectivity index (χ4v) is 3.88. The Bertz CT molecular complexity index is 851. The fraction of sp³-hybridized carbons (Fsp3) is 0.435. The Labute approximate surface area is 172 Å². The van der Waals surface area contributed by atoms with Gasteiger partial charge in [0.1, 0.15) is 23.0 Å². The monoisotopic (exact) mass is 399 g/mol. The summed E-state index contributed by atoms with van der Waals surface area (Å²) < 4.78 is 21.5. The zero-order valence-corrected chi connectivity index (χ0v) is 17.6. The number of carbonyl (C=O) groups is 1. The van der Waals surface area contributed by atoms with Crippen LogP contribution in [0.5, 0.6) is 23.0 Å². The molecule has 0 unspecified atom stereocenters. The molecule has 29 heavy (non-hydrogen) atoms. The third-order valence-corrected chi connectivity index (χ3v) is 5.43. The molecular formula is C23H29NO5. The van der Waals surface area contributed by atoms with Crippen molar-refractivity contribution < 1.29 is 23.7 Å². The van der Waals surface area contributed by atoms with E-state index in [1.54, 1.807) is 46.6 Å². The van der Waals surface area contributed by atoms with Crippen molar-refractivity contribution in [1.82, 2.24) is 4.90 Å². The minimum Gasteiger partial charge on any atom is -0.497 e. The van der Waals surface area contributed by atoms with Crippen LogP contribution >= 0.6 is 0 Å². The van der Waals surface area contributed by atoms with Gasteiger partial charge in [-0.15, -0.1) is 0 Å². The first kappa shape index (κ1) is 21.0. The molecule has 1 aliphatic rings. The van der Waals surface area contributed by atoms with Crippen LogP contribution in [-0.4, -0.2) is 52.2 Å². The first-order valence-electron chi connectivity index (χ1n) is 9.79. The van der Waals surface area contributed by atoms with E-state index in [4.69, 9.17) is 18.9 Å². The first-order valence-corrected chi connectivity index (χ1v) is 9.79. The van der Waals surface area contributed by atoms with Crippen molar-refractivity contribution in [2.24, 2.45) is 5.92 Å². The van der Waals surface area contributed by atoms with Crippen molar-refractivity contribution in [3.8, 4) is 23.0 Å². The standard InChI is InChI=1S/C23H29NO5/c1-26-18-8-10-21(28-3)17(12-18)15-24-11-5-6-16(14-24)23(25)20-9-7-19(27-2)13-22(20)29-4/h7-10,12-13,16H,5-6,11,14-15H2,1-4H3/t16-/m1/s1. The molecule has 0 N–H and O–H groups in total. The van der Waals surface area contributed by atoms with E-state index in [9.17, 15) is 4.79 Å². The van der Waals surface area contributed by atoms with Crippen LogP contribution in [0.25, 0.3) is 0 Å². The molecule has 0 aromatic heterocycles. The van der Waals surface area contributed by atoms with Crippen LogP contribution < -0.4 is 18.9 Å². The van der Waals surface area contributed by atoms with Gasteiger partial charge in [-0.25, -0.2) is 0 Å². The van der Waals surface area contributed by atoms with Gasteiger partial charge in [0.2, 0.25) is 0 Å². The number of carbonyl (C=O) groups excluding carboxylic acids is 1. The number of ether oxygens (including phenoxy) is 4. The Morgan fingerprint density at radius 2 is 1.62 bits per heavy atom. The summed E-state index contributed by atoms with van der Waals surface area (Å²) in [6.45, 7) is 2.36. The summed E-state index contributed by atoms with van der Waals surface area (Å²) in [4.78, 5) is 15.5. The highest BCUT2D eigenvalue weighted by Gasteiger charge is 2.29. The number of piperidine rings is 1. The van der Waals surface area contributed by atoms with Crippen LogP contribution in [0.3, 0.4) is 0 Å². The molecule has 1 atom stereocenters. The number of Topliss-reactive ketones (excluding diaryl/α,β-unsaturated/α-hetero) is 1. The molecule has 1 aliphatic heterocycles. The smallest absolute Gasteiger partial charge is 0.170 e. The zero-order valence-electron chi connectivity index (χ0n) is 17.6. The first-order chi connectivity index (χ1) is 14.1. The van der Waals surface area contributed by atoms with Crippen LogP contribution in [0.4, 0.5) is 0 Å². The number of hydrogen-bond acceptors (Lipinski definition) is 6. The second-order valence-electron chi connectivity index (χ2n) is 7.18. The fourth-order valence-electron chi connectivity index (χ4n) is 3.88. The van der Waals surface area contributed by atoms with Crippen LogP contribution in [0.15, 0.2) is 36.4 Å². The third kappa shape index (κ3) is 4.82. The predicted molar refractivity (Wildman–Crippen MR) is 111 cm³/mol. The summed E-state index contributed by atoms with van der Waals surface area (Å²) in [5.74, 6) is 2.91. The van der Waals surface area contributed by atoms with Gasteiger partial charge in [-0.05, 0) is 49.7 Å². The van der Waals surface area contributed by atoms with E-state index in [1.807, 2.05) is 18.2 Å². The van der Waals surface area contributed by atoms with Crippen LogP contribution in [0, 0.1) is 5.92 Å².